The largest absolute Gasteiger partial charge is 0.386 e. The Morgan fingerprint density at radius 2 is 1.85 bits per heavy atom. The maximum atomic E-state index is 12.1. The second-order valence-electron chi connectivity index (χ2n) is 4.68. The molecule has 4 nitrogen and oxygen atoms in total. The number of aliphatic hydroxyl groups is 1. The van der Waals surface area contributed by atoms with Crippen LogP contribution in [0.3, 0.4) is 0 Å². The van der Waals surface area contributed by atoms with Crippen LogP contribution in [0.5, 0.6) is 0 Å². The van der Waals surface area contributed by atoms with Gasteiger partial charge in [-0.1, -0.05) is 29.3 Å². The van der Waals surface area contributed by atoms with E-state index in [0.717, 1.165) is 12.8 Å². The van der Waals surface area contributed by atoms with E-state index in [2.05, 4.69) is 0 Å². The summed E-state index contributed by atoms with van der Waals surface area (Å²) in [7, 11) is 0. The Hall–Kier alpha value is -0.520. The number of hydrogen-bond donors (Lipinski definition) is 2. The zero-order chi connectivity index (χ0) is 14.0. The third-order valence-electron chi connectivity index (χ3n) is 3.33. The van der Waals surface area contributed by atoms with Crippen LogP contribution in [0.1, 0.15) is 24.5 Å². The summed E-state index contributed by atoms with van der Waals surface area (Å²) >= 11 is 11.7. The summed E-state index contributed by atoms with van der Waals surface area (Å²) in [5, 5.41) is 10.9. The Balaban J connectivity index is 0.00000200. The van der Waals surface area contributed by atoms with Crippen LogP contribution in [0, 0.1) is 0 Å². The summed E-state index contributed by atoms with van der Waals surface area (Å²) in [6.07, 6.45) is 0.894. The Kier molecular flexibility index (Phi) is 6.55. The molecule has 7 heteroatoms. The predicted octanol–water partition coefficient (Wildman–Crippen LogP) is 2.40. The topological polar surface area (TPSA) is 66.6 Å². The van der Waals surface area contributed by atoms with Crippen LogP contribution in [0.4, 0.5) is 0 Å². The first-order chi connectivity index (χ1) is 9.00. The molecule has 2 atom stereocenters. The van der Waals surface area contributed by atoms with Gasteiger partial charge in [0.25, 0.3) is 0 Å². The van der Waals surface area contributed by atoms with E-state index < -0.39 is 12.1 Å². The first-order valence-electron chi connectivity index (χ1n) is 6.18. The van der Waals surface area contributed by atoms with Crippen LogP contribution < -0.4 is 5.73 Å². The van der Waals surface area contributed by atoms with Gasteiger partial charge < -0.3 is 15.7 Å². The molecule has 112 valence electrons. The van der Waals surface area contributed by atoms with Crippen molar-refractivity contribution >= 4 is 41.5 Å². The van der Waals surface area contributed by atoms with E-state index in [1.54, 1.807) is 17.0 Å². The molecule has 1 amide bonds. The van der Waals surface area contributed by atoms with Gasteiger partial charge in [-0.05, 0) is 30.5 Å². The lowest BCUT2D eigenvalue weighted by Crippen LogP contribution is -2.45. The maximum absolute atomic E-state index is 12.1. The van der Waals surface area contributed by atoms with Gasteiger partial charge in [0.05, 0.1) is 10.0 Å². The van der Waals surface area contributed by atoms with Crippen molar-refractivity contribution in [3.63, 3.8) is 0 Å². The zero-order valence-corrected chi connectivity index (χ0v) is 13.1. The van der Waals surface area contributed by atoms with Crippen LogP contribution in [0.2, 0.25) is 10.0 Å². The Morgan fingerprint density at radius 1 is 1.25 bits per heavy atom. The van der Waals surface area contributed by atoms with Crippen molar-refractivity contribution in [1.29, 1.82) is 0 Å². The molecule has 1 aliphatic heterocycles. The third-order valence-corrected chi connectivity index (χ3v) is 4.07. The van der Waals surface area contributed by atoms with Gasteiger partial charge in [-0.3, -0.25) is 4.79 Å². The average Bonchev–Trinajstić information content (AvgIpc) is 2.93. The molecular weight excluding hydrogens is 323 g/mol. The number of benzene rings is 1. The molecule has 1 aromatic carbocycles. The van der Waals surface area contributed by atoms with Crippen LogP contribution in [-0.4, -0.2) is 35.0 Å². The summed E-state index contributed by atoms with van der Waals surface area (Å²) in [5.41, 5.74) is 6.34. The van der Waals surface area contributed by atoms with E-state index >= 15 is 0 Å². The van der Waals surface area contributed by atoms with Crippen molar-refractivity contribution in [2.75, 3.05) is 13.1 Å². The molecule has 1 aliphatic rings. The van der Waals surface area contributed by atoms with Crippen LogP contribution in [0.15, 0.2) is 18.2 Å². The smallest absolute Gasteiger partial charge is 0.242 e. The monoisotopic (exact) mass is 338 g/mol. The van der Waals surface area contributed by atoms with Gasteiger partial charge >= 0.3 is 0 Å². The van der Waals surface area contributed by atoms with Crippen molar-refractivity contribution in [2.45, 2.75) is 25.0 Å². The number of carbonyl (C=O) groups is 1. The standard InChI is InChI=1S/C13H16Cl2N2O2.ClH/c14-9-4-3-8(7-10(9)15)12(18)11(16)13(19)17-5-1-2-6-17;/h3-4,7,11-12,18H,1-2,5-6,16H2;1H. The minimum absolute atomic E-state index is 0. The number of nitrogens with two attached hydrogens (primary N) is 1. The Bertz CT molecular complexity index is 479. The molecule has 2 rings (SSSR count). The minimum atomic E-state index is -1.08. The molecule has 0 spiro atoms. The van der Waals surface area contributed by atoms with Gasteiger partial charge in [-0.25, -0.2) is 0 Å². The fourth-order valence-electron chi connectivity index (χ4n) is 2.19. The molecule has 2 unspecified atom stereocenters. The SMILES string of the molecule is Cl.NC(C(=O)N1CCCC1)C(O)c1ccc(Cl)c(Cl)c1. The number of hydrogen-bond acceptors (Lipinski definition) is 3. The van der Waals surface area contributed by atoms with Crippen LogP contribution in [0.25, 0.3) is 0 Å². The van der Waals surface area contributed by atoms with Gasteiger partial charge in [0.15, 0.2) is 0 Å². The van der Waals surface area contributed by atoms with Gasteiger partial charge in [0.2, 0.25) is 5.91 Å². The molecule has 1 saturated heterocycles. The first kappa shape index (κ1) is 17.5. The van der Waals surface area contributed by atoms with Gasteiger partial charge in [-0.2, -0.15) is 0 Å². The van der Waals surface area contributed by atoms with Gasteiger partial charge in [0.1, 0.15) is 12.1 Å². The molecule has 0 aromatic heterocycles. The molecule has 20 heavy (non-hydrogen) atoms. The molecule has 1 fully saturated rings. The lowest BCUT2D eigenvalue weighted by atomic mass is 10.0. The number of carbonyl (C=O) groups excluding carboxylic acids is 1. The van der Waals surface area contributed by atoms with Crippen molar-refractivity contribution < 1.29 is 9.90 Å². The predicted molar refractivity (Wildman–Crippen MR) is 82.5 cm³/mol. The zero-order valence-electron chi connectivity index (χ0n) is 10.8. The second kappa shape index (κ2) is 7.48. The molecule has 1 heterocycles. The molecule has 0 bridgehead atoms. The normalized spacial score (nSPS) is 17.5. The van der Waals surface area contributed by atoms with Crippen LogP contribution in [-0.2, 0) is 4.79 Å². The quantitative estimate of drug-likeness (QED) is 0.888. The first-order valence-corrected chi connectivity index (χ1v) is 6.93. The van der Waals surface area contributed by atoms with Crippen molar-refractivity contribution in [2.24, 2.45) is 5.73 Å². The van der Waals surface area contributed by atoms with Crippen molar-refractivity contribution in [3.8, 4) is 0 Å². The van der Waals surface area contributed by atoms with Gasteiger partial charge in [0, 0.05) is 13.1 Å². The van der Waals surface area contributed by atoms with E-state index in [1.165, 1.54) is 6.07 Å². The minimum Gasteiger partial charge on any atom is -0.386 e. The molecule has 0 aliphatic carbocycles. The van der Waals surface area contributed by atoms with Crippen molar-refractivity contribution in [1.82, 2.24) is 4.90 Å². The number of halogens is 3. The molecule has 3 N–H and O–H groups in total. The van der Waals surface area contributed by atoms with E-state index in [1.807, 2.05) is 0 Å². The number of aliphatic hydroxyl groups excluding tert-OH is 1. The Morgan fingerprint density at radius 3 is 2.40 bits per heavy atom. The lowest BCUT2D eigenvalue weighted by molar-refractivity contribution is -0.134. The average molecular weight is 340 g/mol. The number of nitrogens with zero attached hydrogens (tertiary/aromatic N) is 1. The second-order valence-corrected chi connectivity index (χ2v) is 5.49. The summed E-state index contributed by atoms with van der Waals surface area (Å²) in [6.45, 7) is 1.42. The van der Waals surface area contributed by atoms with E-state index in [-0.39, 0.29) is 18.3 Å². The van der Waals surface area contributed by atoms with Crippen LogP contribution >= 0.6 is 35.6 Å². The highest BCUT2D eigenvalue weighted by atomic mass is 35.5. The summed E-state index contributed by atoms with van der Waals surface area (Å²) in [4.78, 5) is 13.8. The summed E-state index contributed by atoms with van der Waals surface area (Å²) in [6, 6.07) is 3.76. The molecule has 0 saturated carbocycles. The highest BCUT2D eigenvalue weighted by molar-refractivity contribution is 6.42. The lowest BCUT2D eigenvalue weighted by Gasteiger charge is -2.24. The fraction of sp³-hybridized carbons (Fsp3) is 0.462. The van der Waals surface area contributed by atoms with E-state index in [0.29, 0.717) is 28.7 Å². The van der Waals surface area contributed by atoms with E-state index in [4.69, 9.17) is 28.9 Å². The highest BCUT2D eigenvalue weighted by Crippen LogP contribution is 2.27. The van der Waals surface area contributed by atoms with E-state index in [9.17, 15) is 9.90 Å². The van der Waals surface area contributed by atoms with Gasteiger partial charge in [-0.15, -0.1) is 12.4 Å². The molecule has 0 radical (unpaired) electrons. The number of rotatable bonds is 3. The fourth-order valence-corrected chi connectivity index (χ4v) is 2.49. The number of amides is 1. The third kappa shape index (κ3) is 3.77. The highest BCUT2D eigenvalue weighted by Gasteiger charge is 2.29. The Labute approximate surface area is 134 Å². The summed E-state index contributed by atoms with van der Waals surface area (Å²) < 4.78 is 0. The molecule has 1 aromatic rings. The maximum Gasteiger partial charge on any atom is 0.242 e. The van der Waals surface area contributed by atoms with Crippen molar-refractivity contribution in [3.05, 3.63) is 33.8 Å². The summed E-state index contributed by atoms with van der Waals surface area (Å²) in [5.74, 6) is -0.226. The number of likely N-dealkylation sites (tertiary alicyclic amines) is 1. The molecular formula is C13H17Cl3N2O2.